The van der Waals surface area contributed by atoms with Crippen LogP contribution < -0.4 is 0 Å². The molecule has 1 heterocycles. The Morgan fingerprint density at radius 2 is 1.21 bits per heavy atom. The summed E-state index contributed by atoms with van der Waals surface area (Å²) in [5, 5.41) is 20.8. The normalized spacial score (nSPS) is 10.6. The molecule has 0 N–H and O–H groups in total. The van der Waals surface area contributed by atoms with Crippen molar-refractivity contribution in [2.75, 3.05) is 0 Å². The molecule has 3 aromatic carbocycles. The van der Waals surface area contributed by atoms with E-state index in [0.717, 1.165) is 16.6 Å². The third-order valence-corrected chi connectivity index (χ3v) is 4.27. The van der Waals surface area contributed by atoms with Gasteiger partial charge in [-0.05, 0) is 35.9 Å². The van der Waals surface area contributed by atoms with E-state index in [-0.39, 0.29) is 0 Å². The van der Waals surface area contributed by atoms with Gasteiger partial charge in [0.2, 0.25) is 0 Å². The molecule has 4 rings (SSSR count). The molecule has 0 unspecified atom stereocenters. The molecule has 0 radical (unpaired) electrons. The number of nitriles is 2. The number of rotatable bonds is 2. The summed E-state index contributed by atoms with van der Waals surface area (Å²) in [6, 6.07) is 26.2. The summed E-state index contributed by atoms with van der Waals surface area (Å²) >= 11 is 0. The van der Waals surface area contributed by atoms with Crippen LogP contribution in [0.1, 0.15) is 16.7 Å². The van der Waals surface area contributed by atoms with Crippen LogP contribution >= 0.6 is 0 Å². The Balaban J connectivity index is 1.94. The van der Waals surface area contributed by atoms with Crippen molar-refractivity contribution >= 4 is 21.8 Å². The Bertz CT molecular complexity index is 1070. The third kappa shape index (κ3) is 2.20. The number of hydrogen-bond donors (Lipinski definition) is 0. The van der Waals surface area contributed by atoms with E-state index in [0.29, 0.717) is 17.7 Å². The van der Waals surface area contributed by atoms with Crippen LogP contribution in [0.4, 0.5) is 0 Å². The molecule has 1 aromatic heterocycles. The smallest absolute Gasteiger partial charge is 0.0992 e. The first-order valence-corrected chi connectivity index (χ1v) is 7.70. The minimum Gasteiger partial charge on any atom is -0.336 e. The van der Waals surface area contributed by atoms with E-state index in [1.165, 1.54) is 10.8 Å². The summed E-state index contributed by atoms with van der Waals surface area (Å²) in [5.74, 6) is 0. The van der Waals surface area contributed by atoms with Crippen LogP contribution in [0, 0.1) is 22.7 Å². The van der Waals surface area contributed by atoms with E-state index in [1.807, 2.05) is 36.4 Å². The lowest BCUT2D eigenvalue weighted by molar-refractivity contribution is 0.868. The zero-order chi connectivity index (χ0) is 16.5. The Labute approximate surface area is 139 Å². The second kappa shape index (κ2) is 5.57. The molecule has 0 aliphatic rings. The van der Waals surface area contributed by atoms with E-state index >= 15 is 0 Å². The maximum atomic E-state index is 9.19. The van der Waals surface area contributed by atoms with Crippen LogP contribution in [-0.2, 0) is 6.54 Å². The molecular weight excluding hydrogens is 294 g/mol. The zero-order valence-electron chi connectivity index (χ0n) is 12.9. The van der Waals surface area contributed by atoms with Gasteiger partial charge in [0.25, 0.3) is 0 Å². The second-order valence-corrected chi connectivity index (χ2v) is 5.76. The number of aromatic nitrogens is 1. The molecule has 3 nitrogen and oxygen atoms in total. The van der Waals surface area contributed by atoms with Gasteiger partial charge < -0.3 is 4.57 Å². The molecule has 0 saturated heterocycles. The maximum absolute atomic E-state index is 9.19. The van der Waals surface area contributed by atoms with Gasteiger partial charge in [0.05, 0.1) is 23.3 Å². The van der Waals surface area contributed by atoms with Gasteiger partial charge in [-0.15, -0.1) is 0 Å². The minimum absolute atomic E-state index is 0.518. The first kappa shape index (κ1) is 14.1. The molecule has 0 amide bonds. The number of nitrogens with zero attached hydrogens (tertiary/aromatic N) is 3. The van der Waals surface area contributed by atoms with Crippen molar-refractivity contribution in [2.45, 2.75) is 6.54 Å². The van der Waals surface area contributed by atoms with E-state index in [1.54, 1.807) is 6.07 Å². The molecule has 0 aliphatic heterocycles. The van der Waals surface area contributed by atoms with Gasteiger partial charge in [-0.25, -0.2) is 0 Å². The van der Waals surface area contributed by atoms with Crippen LogP contribution in [-0.4, -0.2) is 4.57 Å². The van der Waals surface area contributed by atoms with E-state index < -0.39 is 0 Å². The van der Waals surface area contributed by atoms with E-state index in [2.05, 4.69) is 41.0 Å². The molecule has 24 heavy (non-hydrogen) atoms. The number of benzene rings is 3. The molecule has 4 aromatic rings. The summed E-state index contributed by atoms with van der Waals surface area (Å²) in [5.41, 5.74) is 4.30. The van der Waals surface area contributed by atoms with Crippen molar-refractivity contribution in [1.82, 2.24) is 4.57 Å². The molecule has 0 saturated carbocycles. The van der Waals surface area contributed by atoms with Gasteiger partial charge in [0.15, 0.2) is 0 Å². The van der Waals surface area contributed by atoms with Gasteiger partial charge >= 0.3 is 0 Å². The molecular formula is C21H13N3. The molecule has 0 aliphatic carbocycles. The Morgan fingerprint density at radius 1 is 0.708 bits per heavy atom. The third-order valence-electron chi connectivity index (χ3n) is 4.27. The van der Waals surface area contributed by atoms with Crippen molar-refractivity contribution in [2.24, 2.45) is 0 Å². The lowest BCUT2D eigenvalue weighted by atomic mass is 10.1. The van der Waals surface area contributed by atoms with Crippen molar-refractivity contribution in [3.05, 3.63) is 83.4 Å². The Kier molecular flexibility index (Phi) is 3.26. The highest BCUT2D eigenvalue weighted by Crippen LogP contribution is 2.29. The van der Waals surface area contributed by atoms with Crippen LogP contribution in [0.25, 0.3) is 21.8 Å². The fraction of sp³-hybridized carbons (Fsp3) is 0.0476. The average Bonchev–Trinajstić information content (AvgIpc) is 2.96. The van der Waals surface area contributed by atoms with Crippen LogP contribution in [0.15, 0.2) is 66.7 Å². The molecule has 0 atom stereocenters. The van der Waals surface area contributed by atoms with Gasteiger partial charge in [0, 0.05) is 28.4 Å². The standard InChI is InChI=1S/C21H13N3/c22-12-15-9-16(13-23)11-17(10-15)14-24-20-7-3-1-5-18(20)19-6-2-4-8-21(19)24/h1-11H,14H2. The summed E-state index contributed by atoms with van der Waals surface area (Å²) in [6.07, 6.45) is 0. The first-order valence-electron chi connectivity index (χ1n) is 7.70. The van der Waals surface area contributed by atoms with Crippen molar-refractivity contribution in [3.8, 4) is 12.1 Å². The summed E-state index contributed by atoms with van der Waals surface area (Å²) < 4.78 is 2.24. The van der Waals surface area contributed by atoms with E-state index in [9.17, 15) is 10.5 Å². The van der Waals surface area contributed by atoms with Crippen molar-refractivity contribution in [1.29, 1.82) is 10.5 Å². The number of fused-ring (bicyclic) bond motifs is 3. The molecule has 112 valence electrons. The van der Waals surface area contributed by atoms with Gasteiger partial charge in [0.1, 0.15) is 0 Å². The van der Waals surface area contributed by atoms with Gasteiger partial charge in [-0.2, -0.15) is 10.5 Å². The SMILES string of the molecule is N#Cc1cc(C#N)cc(Cn2c3ccccc3c3ccccc32)c1. The lowest BCUT2D eigenvalue weighted by Gasteiger charge is -2.08. The fourth-order valence-electron chi connectivity index (χ4n) is 3.27. The molecule has 0 spiro atoms. The lowest BCUT2D eigenvalue weighted by Crippen LogP contribution is -2.00. The summed E-state index contributed by atoms with van der Waals surface area (Å²) in [4.78, 5) is 0. The predicted molar refractivity (Wildman–Crippen MR) is 94.4 cm³/mol. The molecule has 0 fully saturated rings. The Hall–Kier alpha value is -3.56. The van der Waals surface area contributed by atoms with E-state index in [4.69, 9.17) is 0 Å². The predicted octanol–water partition coefficient (Wildman–Crippen LogP) is 4.59. The average molecular weight is 307 g/mol. The second-order valence-electron chi connectivity index (χ2n) is 5.76. The fourth-order valence-corrected chi connectivity index (χ4v) is 3.27. The minimum atomic E-state index is 0.518. The monoisotopic (exact) mass is 307 g/mol. The topological polar surface area (TPSA) is 52.5 Å². The quantitative estimate of drug-likeness (QED) is 0.544. The van der Waals surface area contributed by atoms with Crippen molar-refractivity contribution < 1.29 is 0 Å². The number of para-hydroxylation sites is 2. The first-order chi connectivity index (χ1) is 11.8. The molecule has 3 heteroatoms. The summed E-state index contributed by atoms with van der Waals surface area (Å²) in [7, 11) is 0. The number of hydrogen-bond acceptors (Lipinski definition) is 2. The highest BCUT2D eigenvalue weighted by atomic mass is 15.0. The van der Waals surface area contributed by atoms with Gasteiger partial charge in [-0.1, -0.05) is 36.4 Å². The van der Waals surface area contributed by atoms with Crippen LogP contribution in [0.5, 0.6) is 0 Å². The molecule has 0 bridgehead atoms. The highest BCUT2D eigenvalue weighted by molar-refractivity contribution is 6.08. The largest absolute Gasteiger partial charge is 0.336 e. The maximum Gasteiger partial charge on any atom is 0.0992 e. The zero-order valence-corrected chi connectivity index (χ0v) is 12.9. The van der Waals surface area contributed by atoms with Crippen LogP contribution in [0.3, 0.4) is 0 Å². The van der Waals surface area contributed by atoms with Gasteiger partial charge in [-0.3, -0.25) is 0 Å². The summed E-state index contributed by atoms with van der Waals surface area (Å²) in [6.45, 7) is 0.623. The Morgan fingerprint density at radius 3 is 1.71 bits per heavy atom. The highest BCUT2D eigenvalue weighted by Gasteiger charge is 2.10. The van der Waals surface area contributed by atoms with Crippen molar-refractivity contribution in [3.63, 3.8) is 0 Å². The van der Waals surface area contributed by atoms with Crippen LogP contribution in [0.2, 0.25) is 0 Å².